The Morgan fingerprint density at radius 2 is 2.00 bits per heavy atom. The number of nitrogens with zero attached hydrogens (tertiary/aromatic N) is 1. The van der Waals surface area contributed by atoms with Crippen molar-refractivity contribution in [3.63, 3.8) is 0 Å². The fraction of sp³-hybridized carbons (Fsp3) is 0.714. The number of likely N-dealkylation sites (N-methyl/N-ethyl adjacent to an activating group) is 1. The van der Waals surface area contributed by atoms with Crippen LogP contribution in [0.1, 0.15) is 31.4 Å². The van der Waals surface area contributed by atoms with Crippen LogP contribution in [0.15, 0.2) is 16.5 Å². The molecule has 1 aromatic rings. The maximum atomic E-state index is 5.81. The lowest BCUT2D eigenvalue weighted by Gasteiger charge is -2.45. The lowest BCUT2D eigenvalue weighted by molar-refractivity contribution is 0.0623. The van der Waals surface area contributed by atoms with Crippen molar-refractivity contribution in [1.82, 2.24) is 15.5 Å². The van der Waals surface area contributed by atoms with Crippen LogP contribution in [-0.4, -0.2) is 43.7 Å². The summed E-state index contributed by atoms with van der Waals surface area (Å²) in [5.41, 5.74) is 0.0428. The summed E-state index contributed by atoms with van der Waals surface area (Å²) in [6.45, 7) is 10.9. The highest BCUT2D eigenvalue weighted by molar-refractivity contribution is 5.15. The molecule has 18 heavy (non-hydrogen) atoms. The average molecular weight is 251 g/mol. The molecule has 1 fully saturated rings. The Hall–Kier alpha value is -0.840. The van der Waals surface area contributed by atoms with E-state index in [0.717, 1.165) is 37.7 Å². The molecule has 0 spiro atoms. The van der Waals surface area contributed by atoms with Crippen LogP contribution in [-0.2, 0) is 0 Å². The van der Waals surface area contributed by atoms with Crippen molar-refractivity contribution in [1.29, 1.82) is 0 Å². The lowest BCUT2D eigenvalue weighted by Crippen LogP contribution is -2.57. The van der Waals surface area contributed by atoms with Crippen molar-refractivity contribution in [2.75, 3.05) is 33.2 Å². The molecular formula is C14H25N3O. The first-order valence-corrected chi connectivity index (χ1v) is 6.75. The molecule has 1 unspecified atom stereocenters. The van der Waals surface area contributed by atoms with E-state index in [9.17, 15) is 0 Å². The summed E-state index contributed by atoms with van der Waals surface area (Å²) in [5.74, 6) is 2.00. The van der Waals surface area contributed by atoms with E-state index in [1.54, 1.807) is 0 Å². The molecule has 0 aliphatic carbocycles. The third kappa shape index (κ3) is 2.60. The third-order valence-corrected chi connectivity index (χ3v) is 3.97. The van der Waals surface area contributed by atoms with Gasteiger partial charge >= 0.3 is 0 Å². The van der Waals surface area contributed by atoms with Gasteiger partial charge in [0.1, 0.15) is 11.5 Å². The monoisotopic (exact) mass is 251 g/mol. The first kappa shape index (κ1) is 13.6. The minimum Gasteiger partial charge on any atom is -0.465 e. The summed E-state index contributed by atoms with van der Waals surface area (Å²) in [6.07, 6.45) is 0. The summed E-state index contributed by atoms with van der Waals surface area (Å²) < 4.78 is 5.81. The van der Waals surface area contributed by atoms with Crippen LogP contribution in [0, 0.1) is 6.92 Å². The van der Waals surface area contributed by atoms with Crippen LogP contribution in [0.25, 0.3) is 0 Å². The van der Waals surface area contributed by atoms with E-state index in [2.05, 4.69) is 35.4 Å². The molecule has 1 aromatic heterocycles. The van der Waals surface area contributed by atoms with Gasteiger partial charge in [-0.15, -0.1) is 0 Å². The Morgan fingerprint density at radius 1 is 1.33 bits per heavy atom. The first-order valence-electron chi connectivity index (χ1n) is 6.75. The van der Waals surface area contributed by atoms with Gasteiger partial charge in [0.2, 0.25) is 0 Å². The van der Waals surface area contributed by atoms with Gasteiger partial charge in [-0.1, -0.05) is 0 Å². The number of nitrogens with one attached hydrogen (secondary N) is 2. The zero-order valence-corrected chi connectivity index (χ0v) is 11.9. The number of hydrogen-bond donors (Lipinski definition) is 2. The van der Waals surface area contributed by atoms with Crippen molar-refractivity contribution >= 4 is 0 Å². The molecule has 4 heteroatoms. The molecule has 2 rings (SSSR count). The van der Waals surface area contributed by atoms with Crippen molar-refractivity contribution < 1.29 is 4.42 Å². The van der Waals surface area contributed by atoms with Crippen LogP contribution in [0.3, 0.4) is 0 Å². The highest BCUT2D eigenvalue weighted by atomic mass is 16.3. The van der Waals surface area contributed by atoms with E-state index >= 15 is 0 Å². The second-order valence-corrected chi connectivity index (χ2v) is 5.56. The fourth-order valence-corrected chi connectivity index (χ4v) is 2.88. The lowest BCUT2D eigenvalue weighted by atomic mass is 9.90. The van der Waals surface area contributed by atoms with Crippen molar-refractivity contribution in [2.24, 2.45) is 0 Å². The molecular weight excluding hydrogens is 226 g/mol. The largest absolute Gasteiger partial charge is 0.465 e. The van der Waals surface area contributed by atoms with Gasteiger partial charge in [0.05, 0.1) is 6.04 Å². The highest BCUT2D eigenvalue weighted by Gasteiger charge is 2.37. The predicted octanol–water partition coefficient (Wildman–Crippen LogP) is 1.53. The maximum absolute atomic E-state index is 5.81. The second-order valence-electron chi connectivity index (χ2n) is 5.56. The normalized spacial score (nSPS) is 20.0. The van der Waals surface area contributed by atoms with E-state index in [0.29, 0.717) is 0 Å². The van der Waals surface area contributed by atoms with Gasteiger partial charge in [-0.05, 0) is 40.0 Å². The van der Waals surface area contributed by atoms with Gasteiger partial charge < -0.3 is 15.1 Å². The van der Waals surface area contributed by atoms with Gasteiger partial charge in [-0.2, -0.15) is 0 Å². The van der Waals surface area contributed by atoms with Crippen LogP contribution in [0.5, 0.6) is 0 Å². The molecule has 1 atom stereocenters. The van der Waals surface area contributed by atoms with Gasteiger partial charge in [0.15, 0.2) is 0 Å². The van der Waals surface area contributed by atoms with Crippen molar-refractivity contribution in [3.8, 4) is 0 Å². The molecule has 0 saturated carbocycles. The smallest absolute Gasteiger partial charge is 0.122 e. The maximum Gasteiger partial charge on any atom is 0.122 e. The molecule has 0 aromatic carbocycles. The zero-order valence-electron chi connectivity index (χ0n) is 11.9. The molecule has 0 radical (unpaired) electrons. The summed E-state index contributed by atoms with van der Waals surface area (Å²) in [6, 6.07) is 4.33. The average Bonchev–Trinajstić information content (AvgIpc) is 2.77. The number of piperazine rings is 1. The SMILES string of the molecule is CNC(c1ccc(C)o1)C(C)(C)N1CCNCC1. The van der Waals surface area contributed by atoms with Gasteiger partial charge in [0, 0.05) is 31.7 Å². The van der Waals surface area contributed by atoms with Gasteiger partial charge in [0.25, 0.3) is 0 Å². The fourth-order valence-electron chi connectivity index (χ4n) is 2.88. The Morgan fingerprint density at radius 3 is 2.50 bits per heavy atom. The van der Waals surface area contributed by atoms with E-state index in [-0.39, 0.29) is 11.6 Å². The number of aryl methyl sites for hydroxylation is 1. The van der Waals surface area contributed by atoms with Crippen molar-refractivity contribution in [3.05, 3.63) is 23.7 Å². The van der Waals surface area contributed by atoms with E-state index in [1.807, 2.05) is 20.0 Å². The number of rotatable bonds is 4. The Balaban J connectivity index is 2.19. The van der Waals surface area contributed by atoms with Crippen LogP contribution in [0.4, 0.5) is 0 Å². The molecule has 1 aliphatic rings. The molecule has 1 saturated heterocycles. The summed E-state index contributed by atoms with van der Waals surface area (Å²) in [7, 11) is 2.01. The van der Waals surface area contributed by atoms with Crippen LogP contribution >= 0.6 is 0 Å². The summed E-state index contributed by atoms with van der Waals surface area (Å²) >= 11 is 0. The van der Waals surface area contributed by atoms with Crippen LogP contribution in [0.2, 0.25) is 0 Å². The second kappa shape index (κ2) is 5.43. The predicted molar refractivity (Wildman–Crippen MR) is 73.8 cm³/mol. The molecule has 4 nitrogen and oxygen atoms in total. The molecule has 0 bridgehead atoms. The summed E-state index contributed by atoms with van der Waals surface area (Å²) in [5, 5.41) is 6.82. The summed E-state index contributed by atoms with van der Waals surface area (Å²) in [4.78, 5) is 2.53. The van der Waals surface area contributed by atoms with Crippen LogP contribution < -0.4 is 10.6 Å². The van der Waals surface area contributed by atoms with Crippen molar-refractivity contribution in [2.45, 2.75) is 32.4 Å². The Labute approximate surface area is 110 Å². The molecule has 2 N–H and O–H groups in total. The Kier molecular flexibility index (Phi) is 4.10. The topological polar surface area (TPSA) is 40.4 Å². The molecule has 102 valence electrons. The third-order valence-electron chi connectivity index (χ3n) is 3.97. The van der Waals surface area contributed by atoms with Gasteiger partial charge in [-0.25, -0.2) is 0 Å². The minimum absolute atomic E-state index is 0.0428. The standard InChI is InChI=1S/C14H25N3O/c1-11-5-6-12(18-11)13(15-4)14(2,3)17-9-7-16-8-10-17/h5-6,13,15-16H,7-10H2,1-4H3. The first-order chi connectivity index (χ1) is 8.55. The van der Waals surface area contributed by atoms with E-state index in [4.69, 9.17) is 4.42 Å². The molecule has 0 amide bonds. The van der Waals surface area contributed by atoms with E-state index < -0.39 is 0 Å². The molecule has 1 aliphatic heterocycles. The highest BCUT2D eigenvalue weighted by Crippen LogP contribution is 2.32. The van der Waals surface area contributed by atoms with Gasteiger partial charge in [-0.3, -0.25) is 4.90 Å². The Bertz CT molecular complexity index is 380. The zero-order chi connectivity index (χ0) is 13.2. The number of furan rings is 1. The van der Waals surface area contributed by atoms with E-state index in [1.165, 1.54) is 0 Å². The minimum atomic E-state index is 0.0428. The molecule has 2 heterocycles. The number of hydrogen-bond acceptors (Lipinski definition) is 4. The quantitative estimate of drug-likeness (QED) is 0.851.